The van der Waals surface area contributed by atoms with Gasteiger partial charge in [-0.2, -0.15) is 0 Å². The van der Waals surface area contributed by atoms with Crippen LogP contribution in [0.4, 0.5) is 0 Å². The van der Waals surface area contributed by atoms with Crippen molar-refractivity contribution in [1.29, 1.82) is 0 Å². The minimum absolute atomic E-state index is 0.00599. The number of hydrogen-bond donors (Lipinski definition) is 0. The minimum atomic E-state index is -0.535. The van der Waals surface area contributed by atoms with Crippen LogP contribution in [0.15, 0.2) is 65.7 Å². The predicted octanol–water partition coefficient (Wildman–Crippen LogP) is 3.16. The van der Waals surface area contributed by atoms with Crippen LogP contribution in [0.1, 0.15) is 24.1 Å². The number of rotatable bonds is 3. The summed E-state index contributed by atoms with van der Waals surface area (Å²) in [5.74, 6) is 0.535. The fourth-order valence-electron chi connectivity index (χ4n) is 2.34. The Morgan fingerprint density at radius 3 is 2.20 bits per heavy atom. The van der Waals surface area contributed by atoms with Crippen molar-refractivity contribution in [3.05, 3.63) is 71.8 Å². The highest BCUT2D eigenvalue weighted by atomic mass is 16.5. The predicted molar refractivity (Wildman–Crippen MR) is 77.7 cm³/mol. The van der Waals surface area contributed by atoms with E-state index in [0.29, 0.717) is 5.90 Å². The molecule has 2 aromatic carbocycles. The minimum Gasteiger partial charge on any atom is -0.463 e. The molecule has 3 nitrogen and oxygen atoms in total. The summed E-state index contributed by atoms with van der Waals surface area (Å²) in [6.07, 6.45) is -0.535. The zero-order chi connectivity index (χ0) is 13.9. The molecule has 0 N–H and O–H groups in total. The van der Waals surface area contributed by atoms with Gasteiger partial charge in [-0.25, -0.2) is 4.99 Å². The number of aliphatic imine (C=N–C) groups is 1. The first kappa shape index (κ1) is 12.6. The van der Waals surface area contributed by atoms with Gasteiger partial charge in [0.15, 0.2) is 11.9 Å². The van der Waals surface area contributed by atoms with E-state index < -0.39 is 6.10 Å². The molecule has 0 aliphatic carbocycles. The molecule has 20 heavy (non-hydrogen) atoms. The summed E-state index contributed by atoms with van der Waals surface area (Å²) in [5.41, 5.74) is 1.90. The molecule has 1 aliphatic heterocycles. The average Bonchev–Trinajstić information content (AvgIpc) is 2.94. The molecular formula is C17H15NO2. The largest absolute Gasteiger partial charge is 0.463 e. The number of nitrogens with zero attached hydrogens (tertiary/aromatic N) is 1. The maximum absolute atomic E-state index is 11.8. The van der Waals surface area contributed by atoms with E-state index in [9.17, 15) is 4.79 Å². The molecule has 0 radical (unpaired) electrons. The number of hydrogen-bond acceptors (Lipinski definition) is 3. The molecular weight excluding hydrogens is 250 g/mol. The van der Waals surface area contributed by atoms with E-state index in [1.165, 1.54) is 0 Å². The van der Waals surface area contributed by atoms with Gasteiger partial charge in [0.05, 0.1) is 0 Å². The molecule has 0 aromatic heterocycles. The van der Waals surface area contributed by atoms with Gasteiger partial charge in [-0.05, 0) is 24.6 Å². The van der Waals surface area contributed by atoms with Crippen molar-refractivity contribution in [2.45, 2.75) is 19.1 Å². The van der Waals surface area contributed by atoms with Crippen molar-refractivity contribution in [1.82, 2.24) is 0 Å². The molecule has 0 fully saturated rings. The molecule has 0 bridgehead atoms. The lowest BCUT2D eigenvalue weighted by Gasteiger charge is -2.14. The van der Waals surface area contributed by atoms with Gasteiger partial charge in [-0.3, -0.25) is 4.79 Å². The molecule has 2 aromatic rings. The quantitative estimate of drug-likeness (QED) is 0.855. The topological polar surface area (TPSA) is 38.7 Å². The average molecular weight is 265 g/mol. The van der Waals surface area contributed by atoms with Gasteiger partial charge in [0.25, 0.3) is 0 Å². The molecule has 0 amide bonds. The monoisotopic (exact) mass is 265 g/mol. The number of benzene rings is 2. The normalized spacial score (nSPS) is 21.1. The lowest BCUT2D eigenvalue weighted by molar-refractivity contribution is -0.124. The van der Waals surface area contributed by atoms with Gasteiger partial charge in [0.2, 0.25) is 5.90 Å². The molecule has 3 rings (SSSR count). The van der Waals surface area contributed by atoms with Crippen molar-refractivity contribution in [3.63, 3.8) is 0 Å². The first-order valence-electron chi connectivity index (χ1n) is 6.61. The maximum atomic E-state index is 11.8. The van der Waals surface area contributed by atoms with Crippen molar-refractivity contribution >= 4 is 11.7 Å². The van der Waals surface area contributed by atoms with E-state index >= 15 is 0 Å². The Bertz CT molecular complexity index is 635. The van der Waals surface area contributed by atoms with E-state index in [4.69, 9.17) is 4.74 Å². The summed E-state index contributed by atoms with van der Waals surface area (Å²) >= 11 is 0. The molecule has 100 valence electrons. The molecule has 0 saturated heterocycles. The van der Waals surface area contributed by atoms with Crippen LogP contribution in [0, 0.1) is 0 Å². The van der Waals surface area contributed by atoms with Gasteiger partial charge < -0.3 is 4.74 Å². The van der Waals surface area contributed by atoms with Crippen LogP contribution in [-0.2, 0) is 9.53 Å². The summed E-state index contributed by atoms with van der Waals surface area (Å²) < 4.78 is 5.78. The third-order valence-corrected chi connectivity index (χ3v) is 3.34. The third-order valence-electron chi connectivity index (χ3n) is 3.34. The smallest absolute Gasteiger partial charge is 0.217 e. The fraction of sp³-hybridized carbons (Fsp3) is 0.176. The summed E-state index contributed by atoms with van der Waals surface area (Å²) in [4.78, 5) is 16.4. The van der Waals surface area contributed by atoms with Crippen LogP contribution in [0.5, 0.6) is 0 Å². The number of carbonyl (C=O) groups is 1. The van der Waals surface area contributed by atoms with Gasteiger partial charge >= 0.3 is 0 Å². The Labute approximate surface area is 117 Å². The van der Waals surface area contributed by atoms with E-state index in [1.807, 2.05) is 60.7 Å². The van der Waals surface area contributed by atoms with Crippen molar-refractivity contribution in [2.24, 2.45) is 4.99 Å². The van der Waals surface area contributed by atoms with Gasteiger partial charge in [-0.15, -0.1) is 0 Å². The number of carbonyl (C=O) groups excluding carboxylic acids is 1. The first-order valence-corrected chi connectivity index (χ1v) is 6.61. The Morgan fingerprint density at radius 1 is 1.00 bits per heavy atom. The highest BCUT2D eigenvalue weighted by Crippen LogP contribution is 2.31. The van der Waals surface area contributed by atoms with Crippen LogP contribution >= 0.6 is 0 Å². The van der Waals surface area contributed by atoms with Crippen molar-refractivity contribution in [2.75, 3.05) is 0 Å². The second-order valence-corrected chi connectivity index (χ2v) is 4.80. The summed E-state index contributed by atoms with van der Waals surface area (Å²) in [6, 6.07) is 19.2. The summed E-state index contributed by atoms with van der Waals surface area (Å²) in [6.45, 7) is 1.55. The molecule has 1 heterocycles. The maximum Gasteiger partial charge on any atom is 0.217 e. The fourth-order valence-corrected chi connectivity index (χ4v) is 2.34. The van der Waals surface area contributed by atoms with Gasteiger partial charge in [0.1, 0.15) is 6.04 Å². The number of ether oxygens (including phenoxy) is 1. The molecule has 0 spiro atoms. The van der Waals surface area contributed by atoms with Crippen LogP contribution in [0.2, 0.25) is 0 Å². The highest BCUT2D eigenvalue weighted by molar-refractivity contribution is 5.98. The molecule has 1 aliphatic rings. The molecule has 2 atom stereocenters. The summed E-state index contributed by atoms with van der Waals surface area (Å²) in [7, 11) is 0. The molecule has 3 heteroatoms. The zero-order valence-electron chi connectivity index (χ0n) is 11.2. The highest BCUT2D eigenvalue weighted by Gasteiger charge is 2.35. The van der Waals surface area contributed by atoms with E-state index in [1.54, 1.807) is 6.92 Å². The van der Waals surface area contributed by atoms with E-state index in [-0.39, 0.29) is 11.8 Å². The van der Waals surface area contributed by atoms with E-state index in [2.05, 4.69) is 4.99 Å². The van der Waals surface area contributed by atoms with Crippen molar-refractivity contribution in [3.8, 4) is 0 Å². The van der Waals surface area contributed by atoms with Gasteiger partial charge in [0, 0.05) is 5.56 Å². The third kappa shape index (κ3) is 2.35. The summed E-state index contributed by atoms with van der Waals surface area (Å²) in [5, 5.41) is 0. The van der Waals surface area contributed by atoms with Crippen molar-refractivity contribution < 1.29 is 9.53 Å². The molecule has 0 saturated carbocycles. The van der Waals surface area contributed by atoms with Crippen LogP contribution in [0.25, 0.3) is 0 Å². The van der Waals surface area contributed by atoms with Crippen LogP contribution in [0.3, 0.4) is 0 Å². The Morgan fingerprint density at radius 2 is 1.60 bits per heavy atom. The zero-order valence-corrected chi connectivity index (χ0v) is 11.2. The van der Waals surface area contributed by atoms with Crippen LogP contribution < -0.4 is 0 Å². The SMILES string of the molecule is CC(=O)C1OC(c2ccccc2)=NC1c1ccccc1. The standard InChI is InChI=1S/C17H15NO2/c1-12(19)16-15(13-8-4-2-5-9-13)18-17(20-16)14-10-6-3-7-11-14/h2-11,15-16H,1H3. The lowest BCUT2D eigenvalue weighted by atomic mass is 10.0. The van der Waals surface area contributed by atoms with E-state index in [0.717, 1.165) is 11.1 Å². The number of Topliss-reactive ketones (excluding diaryl/α,β-unsaturated/α-hetero) is 1. The second kappa shape index (κ2) is 5.29. The first-order chi connectivity index (χ1) is 9.75. The Balaban J connectivity index is 1.98. The lowest BCUT2D eigenvalue weighted by Crippen LogP contribution is -2.25. The number of ketones is 1. The van der Waals surface area contributed by atoms with Crippen LogP contribution in [-0.4, -0.2) is 17.8 Å². The Kier molecular flexibility index (Phi) is 3.33. The second-order valence-electron chi connectivity index (χ2n) is 4.80. The van der Waals surface area contributed by atoms with Gasteiger partial charge in [-0.1, -0.05) is 48.5 Å². The molecule has 2 unspecified atom stereocenters. The Hall–Kier alpha value is -2.42.